The highest BCUT2D eigenvalue weighted by Crippen LogP contribution is 2.17. The molecule has 2 atom stereocenters. The van der Waals surface area contributed by atoms with Crippen molar-refractivity contribution in [1.29, 1.82) is 0 Å². The Morgan fingerprint density at radius 1 is 1.25 bits per heavy atom. The van der Waals surface area contributed by atoms with Crippen molar-refractivity contribution in [2.45, 2.75) is 45.6 Å². The number of morpholine rings is 1. The molecule has 0 saturated carbocycles. The maximum atomic E-state index is 5.48. The summed E-state index contributed by atoms with van der Waals surface area (Å²) in [6.07, 6.45) is 9.85. The third-order valence-corrected chi connectivity index (χ3v) is 4.50. The molecule has 0 aromatic heterocycles. The van der Waals surface area contributed by atoms with E-state index in [1.807, 2.05) is 0 Å². The topological polar surface area (TPSA) is 24.5 Å². The van der Waals surface area contributed by atoms with Gasteiger partial charge in [0.05, 0.1) is 13.2 Å². The first kappa shape index (κ1) is 16.0. The van der Waals surface area contributed by atoms with Crippen LogP contribution in [-0.2, 0) is 4.74 Å². The molecule has 3 nitrogen and oxygen atoms in total. The van der Waals surface area contributed by atoms with Gasteiger partial charge in [-0.15, -0.1) is 0 Å². The van der Waals surface area contributed by atoms with Crippen LogP contribution in [0.3, 0.4) is 0 Å². The van der Waals surface area contributed by atoms with E-state index in [0.717, 1.165) is 44.7 Å². The molecule has 2 rings (SSSR count). The van der Waals surface area contributed by atoms with Crippen molar-refractivity contribution in [1.82, 2.24) is 10.2 Å². The Kier molecular flexibility index (Phi) is 7.05. The Hall–Kier alpha value is -0.380. The Bertz CT molecular complexity index is 285. The third kappa shape index (κ3) is 5.55. The van der Waals surface area contributed by atoms with Gasteiger partial charge in [-0.3, -0.25) is 4.90 Å². The first-order valence-electron chi connectivity index (χ1n) is 8.43. The van der Waals surface area contributed by atoms with E-state index in [-0.39, 0.29) is 0 Å². The molecule has 116 valence electrons. The molecule has 1 aliphatic carbocycles. The fourth-order valence-electron chi connectivity index (χ4n) is 3.34. The van der Waals surface area contributed by atoms with Gasteiger partial charge in [-0.2, -0.15) is 0 Å². The van der Waals surface area contributed by atoms with E-state index < -0.39 is 0 Å². The lowest BCUT2D eigenvalue weighted by Gasteiger charge is -2.36. The first-order valence-corrected chi connectivity index (χ1v) is 8.43. The summed E-state index contributed by atoms with van der Waals surface area (Å²) in [7, 11) is 0. The molecule has 2 unspecified atom stereocenters. The Morgan fingerprint density at radius 2 is 2.05 bits per heavy atom. The van der Waals surface area contributed by atoms with Crippen LogP contribution in [0.2, 0.25) is 0 Å². The minimum absolute atomic E-state index is 0.679. The van der Waals surface area contributed by atoms with E-state index in [2.05, 4.69) is 36.2 Å². The van der Waals surface area contributed by atoms with E-state index in [1.165, 1.54) is 32.2 Å². The number of nitrogens with zero attached hydrogens (tertiary/aromatic N) is 1. The predicted molar refractivity (Wildman–Crippen MR) is 85.0 cm³/mol. The van der Waals surface area contributed by atoms with Crippen molar-refractivity contribution < 1.29 is 4.74 Å². The Labute approximate surface area is 124 Å². The van der Waals surface area contributed by atoms with Crippen molar-refractivity contribution in [2.24, 2.45) is 11.8 Å². The quantitative estimate of drug-likeness (QED) is 0.726. The summed E-state index contributed by atoms with van der Waals surface area (Å²) in [5.74, 6) is 1.62. The summed E-state index contributed by atoms with van der Waals surface area (Å²) in [4.78, 5) is 2.62. The van der Waals surface area contributed by atoms with Crippen LogP contribution < -0.4 is 5.32 Å². The van der Waals surface area contributed by atoms with Crippen molar-refractivity contribution in [3.05, 3.63) is 12.2 Å². The summed E-state index contributed by atoms with van der Waals surface area (Å²) >= 11 is 0. The van der Waals surface area contributed by atoms with Crippen LogP contribution >= 0.6 is 0 Å². The fourth-order valence-corrected chi connectivity index (χ4v) is 3.34. The molecule has 20 heavy (non-hydrogen) atoms. The maximum Gasteiger partial charge on any atom is 0.0594 e. The molecule has 1 heterocycles. The normalized spacial score (nSPS) is 26.1. The highest BCUT2D eigenvalue weighted by Gasteiger charge is 2.22. The standard InChI is InChI=1S/C17H32N2O/c1-15(2)12-17(19-8-10-20-11-9-19)14-18-13-16-6-4-3-5-7-16/h3-4,15-18H,5-14H2,1-2H3. The Balaban J connectivity index is 1.73. The zero-order chi connectivity index (χ0) is 14.2. The van der Waals surface area contributed by atoms with Gasteiger partial charge >= 0.3 is 0 Å². The number of nitrogens with one attached hydrogen (secondary N) is 1. The molecule has 3 heteroatoms. The molecular weight excluding hydrogens is 248 g/mol. The smallest absolute Gasteiger partial charge is 0.0594 e. The highest BCUT2D eigenvalue weighted by atomic mass is 16.5. The molecule has 0 amide bonds. The monoisotopic (exact) mass is 280 g/mol. The lowest BCUT2D eigenvalue weighted by atomic mass is 9.94. The molecule has 1 saturated heterocycles. The van der Waals surface area contributed by atoms with Gasteiger partial charge in [0.15, 0.2) is 0 Å². The molecule has 0 spiro atoms. The lowest BCUT2D eigenvalue weighted by molar-refractivity contribution is 0.0122. The number of hydrogen-bond donors (Lipinski definition) is 1. The molecule has 0 aromatic carbocycles. The third-order valence-electron chi connectivity index (χ3n) is 4.50. The molecule has 2 aliphatic rings. The van der Waals surface area contributed by atoms with E-state index in [4.69, 9.17) is 4.74 Å². The fraction of sp³-hybridized carbons (Fsp3) is 0.882. The summed E-state index contributed by atoms with van der Waals surface area (Å²) in [5, 5.41) is 3.74. The minimum Gasteiger partial charge on any atom is -0.379 e. The summed E-state index contributed by atoms with van der Waals surface area (Å²) in [5.41, 5.74) is 0. The van der Waals surface area contributed by atoms with Crippen LogP contribution in [0.1, 0.15) is 39.5 Å². The molecular formula is C17H32N2O. The average Bonchev–Trinajstić information content (AvgIpc) is 2.48. The van der Waals surface area contributed by atoms with Crippen molar-refractivity contribution in [2.75, 3.05) is 39.4 Å². The number of hydrogen-bond acceptors (Lipinski definition) is 3. The molecule has 0 radical (unpaired) electrons. The summed E-state index contributed by atoms with van der Waals surface area (Å²) in [6.45, 7) is 11.0. The second-order valence-corrected chi connectivity index (χ2v) is 6.74. The number of allylic oxidation sites excluding steroid dienone is 2. The number of ether oxygens (including phenoxy) is 1. The average molecular weight is 280 g/mol. The van der Waals surface area contributed by atoms with E-state index >= 15 is 0 Å². The highest BCUT2D eigenvalue weighted by molar-refractivity contribution is 4.90. The van der Waals surface area contributed by atoms with Gasteiger partial charge in [-0.25, -0.2) is 0 Å². The molecule has 1 fully saturated rings. The zero-order valence-corrected chi connectivity index (χ0v) is 13.3. The van der Waals surface area contributed by atoms with Gasteiger partial charge in [0.1, 0.15) is 0 Å². The van der Waals surface area contributed by atoms with Gasteiger partial charge in [0, 0.05) is 25.7 Å². The van der Waals surface area contributed by atoms with Gasteiger partial charge in [0.2, 0.25) is 0 Å². The van der Waals surface area contributed by atoms with Crippen LogP contribution in [-0.4, -0.2) is 50.3 Å². The molecule has 0 aromatic rings. The van der Waals surface area contributed by atoms with E-state index in [0.29, 0.717) is 6.04 Å². The summed E-state index contributed by atoms with van der Waals surface area (Å²) in [6, 6.07) is 0.679. The second kappa shape index (κ2) is 8.81. The van der Waals surface area contributed by atoms with Crippen molar-refractivity contribution in [3.8, 4) is 0 Å². The van der Waals surface area contributed by atoms with Crippen LogP contribution in [0.5, 0.6) is 0 Å². The summed E-state index contributed by atoms with van der Waals surface area (Å²) < 4.78 is 5.48. The minimum atomic E-state index is 0.679. The van der Waals surface area contributed by atoms with Gasteiger partial charge in [-0.05, 0) is 44.1 Å². The largest absolute Gasteiger partial charge is 0.379 e. The maximum absolute atomic E-state index is 5.48. The van der Waals surface area contributed by atoms with Gasteiger partial charge in [0.25, 0.3) is 0 Å². The molecule has 0 bridgehead atoms. The zero-order valence-electron chi connectivity index (χ0n) is 13.3. The Morgan fingerprint density at radius 3 is 2.70 bits per heavy atom. The van der Waals surface area contributed by atoms with Gasteiger partial charge in [-0.1, -0.05) is 26.0 Å². The second-order valence-electron chi connectivity index (χ2n) is 6.74. The van der Waals surface area contributed by atoms with Crippen LogP contribution in [0, 0.1) is 11.8 Å². The van der Waals surface area contributed by atoms with Crippen LogP contribution in [0.15, 0.2) is 12.2 Å². The van der Waals surface area contributed by atoms with Crippen LogP contribution in [0.25, 0.3) is 0 Å². The van der Waals surface area contributed by atoms with Gasteiger partial charge < -0.3 is 10.1 Å². The predicted octanol–water partition coefficient (Wildman–Crippen LogP) is 2.68. The lowest BCUT2D eigenvalue weighted by Crippen LogP contribution is -2.49. The van der Waals surface area contributed by atoms with E-state index in [1.54, 1.807) is 0 Å². The van der Waals surface area contributed by atoms with Crippen molar-refractivity contribution >= 4 is 0 Å². The van der Waals surface area contributed by atoms with Crippen LogP contribution in [0.4, 0.5) is 0 Å². The van der Waals surface area contributed by atoms with E-state index in [9.17, 15) is 0 Å². The van der Waals surface area contributed by atoms with Crippen molar-refractivity contribution in [3.63, 3.8) is 0 Å². The molecule has 1 aliphatic heterocycles. The number of rotatable bonds is 7. The SMILES string of the molecule is CC(C)CC(CNCC1CC=CCC1)N1CCOCC1. The molecule has 1 N–H and O–H groups in total. The first-order chi connectivity index (χ1) is 9.75.